The summed E-state index contributed by atoms with van der Waals surface area (Å²) in [5.74, 6) is 0.620. The monoisotopic (exact) mass is 200 g/mol. The number of nitrogens with one attached hydrogen (secondary N) is 1. The van der Waals surface area contributed by atoms with Crippen molar-refractivity contribution in [2.75, 3.05) is 19.6 Å². The normalized spacial score (nSPS) is 13.1. The Hall–Kier alpha value is -0.0800. The largest absolute Gasteiger partial charge is 0.330 e. The molecule has 0 aliphatic carbocycles. The quantitative estimate of drug-likeness (QED) is 0.532. The third-order valence-electron chi connectivity index (χ3n) is 2.60. The molecule has 2 heteroatoms. The van der Waals surface area contributed by atoms with Gasteiger partial charge in [-0.3, -0.25) is 0 Å². The van der Waals surface area contributed by atoms with Gasteiger partial charge in [-0.1, -0.05) is 46.0 Å². The van der Waals surface area contributed by atoms with E-state index in [9.17, 15) is 0 Å². The zero-order valence-corrected chi connectivity index (χ0v) is 10.0. The van der Waals surface area contributed by atoms with Crippen LogP contribution in [0, 0.1) is 5.92 Å². The van der Waals surface area contributed by atoms with Gasteiger partial charge in [-0.05, 0) is 32.0 Å². The van der Waals surface area contributed by atoms with Gasteiger partial charge < -0.3 is 11.1 Å². The Kier molecular flexibility index (Phi) is 10.9. The molecule has 0 saturated carbocycles. The SMILES string of the molecule is CCCCCCCCNCC(C)CN. The minimum Gasteiger partial charge on any atom is -0.330 e. The first-order chi connectivity index (χ1) is 6.81. The fourth-order valence-electron chi connectivity index (χ4n) is 1.46. The minimum absolute atomic E-state index is 0.620. The summed E-state index contributed by atoms with van der Waals surface area (Å²) >= 11 is 0. The fourth-order valence-corrected chi connectivity index (χ4v) is 1.46. The summed E-state index contributed by atoms with van der Waals surface area (Å²) in [5, 5.41) is 3.45. The zero-order chi connectivity index (χ0) is 10.6. The predicted octanol–water partition coefficient (Wildman–Crippen LogP) is 2.53. The Bertz CT molecular complexity index is 104. The Balaban J connectivity index is 2.92. The molecule has 0 fully saturated rings. The van der Waals surface area contributed by atoms with Crippen LogP contribution in [0.15, 0.2) is 0 Å². The molecular formula is C12H28N2. The third-order valence-corrected chi connectivity index (χ3v) is 2.60. The van der Waals surface area contributed by atoms with Crippen LogP contribution in [0.5, 0.6) is 0 Å². The van der Waals surface area contributed by atoms with E-state index in [2.05, 4.69) is 19.2 Å². The first-order valence-corrected chi connectivity index (χ1v) is 6.22. The van der Waals surface area contributed by atoms with E-state index in [1.807, 2.05) is 0 Å². The molecule has 0 aliphatic rings. The van der Waals surface area contributed by atoms with Gasteiger partial charge in [0.25, 0.3) is 0 Å². The van der Waals surface area contributed by atoms with Gasteiger partial charge in [-0.25, -0.2) is 0 Å². The van der Waals surface area contributed by atoms with Crippen molar-refractivity contribution in [2.24, 2.45) is 11.7 Å². The summed E-state index contributed by atoms with van der Waals surface area (Å²) in [4.78, 5) is 0. The highest BCUT2D eigenvalue weighted by Gasteiger charge is 1.96. The Morgan fingerprint density at radius 3 is 2.36 bits per heavy atom. The van der Waals surface area contributed by atoms with Crippen LogP contribution in [0.4, 0.5) is 0 Å². The topological polar surface area (TPSA) is 38.0 Å². The molecule has 0 rings (SSSR count). The molecule has 0 amide bonds. The maximum atomic E-state index is 5.53. The maximum Gasteiger partial charge on any atom is -0.00111 e. The van der Waals surface area contributed by atoms with Gasteiger partial charge in [0.05, 0.1) is 0 Å². The molecule has 0 radical (unpaired) electrons. The van der Waals surface area contributed by atoms with Crippen molar-refractivity contribution in [1.29, 1.82) is 0 Å². The van der Waals surface area contributed by atoms with Gasteiger partial charge >= 0.3 is 0 Å². The van der Waals surface area contributed by atoms with Gasteiger partial charge in [0.2, 0.25) is 0 Å². The minimum atomic E-state index is 0.620. The summed E-state index contributed by atoms with van der Waals surface area (Å²) in [6, 6.07) is 0. The van der Waals surface area contributed by atoms with Gasteiger partial charge in [-0.15, -0.1) is 0 Å². The van der Waals surface area contributed by atoms with Crippen molar-refractivity contribution in [3.05, 3.63) is 0 Å². The first kappa shape index (κ1) is 13.9. The van der Waals surface area contributed by atoms with E-state index in [1.54, 1.807) is 0 Å². The first-order valence-electron chi connectivity index (χ1n) is 6.22. The van der Waals surface area contributed by atoms with E-state index < -0.39 is 0 Å². The van der Waals surface area contributed by atoms with Gasteiger partial charge in [0.1, 0.15) is 0 Å². The van der Waals surface area contributed by atoms with Crippen molar-refractivity contribution in [3.63, 3.8) is 0 Å². The van der Waals surface area contributed by atoms with E-state index in [0.29, 0.717) is 5.92 Å². The summed E-state index contributed by atoms with van der Waals surface area (Å²) < 4.78 is 0. The van der Waals surface area contributed by atoms with E-state index in [1.165, 1.54) is 38.5 Å². The fraction of sp³-hybridized carbons (Fsp3) is 1.00. The van der Waals surface area contributed by atoms with E-state index in [-0.39, 0.29) is 0 Å². The van der Waals surface area contributed by atoms with Crippen molar-refractivity contribution in [2.45, 2.75) is 52.4 Å². The highest BCUT2D eigenvalue weighted by atomic mass is 14.9. The van der Waals surface area contributed by atoms with Crippen LogP contribution in [0.25, 0.3) is 0 Å². The van der Waals surface area contributed by atoms with Gasteiger partial charge in [0.15, 0.2) is 0 Å². The van der Waals surface area contributed by atoms with Crippen LogP contribution in [0.2, 0.25) is 0 Å². The van der Waals surface area contributed by atoms with Crippen LogP contribution in [-0.4, -0.2) is 19.6 Å². The lowest BCUT2D eigenvalue weighted by atomic mass is 10.1. The second-order valence-corrected chi connectivity index (χ2v) is 4.31. The average Bonchev–Trinajstić information content (AvgIpc) is 2.21. The van der Waals surface area contributed by atoms with E-state index >= 15 is 0 Å². The van der Waals surface area contributed by atoms with E-state index in [0.717, 1.165) is 19.6 Å². The van der Waals surface area contributed by atoms with Crippen molar-refractivity contribution in [3.8, 4) is 0 Å². The molecule has 1 unspecified atom stereocenters. The predicted molar refractivity (Wildman–Crippen MR) is 64.5 cm³/mol. The second kappa shape index (κ2) is 11.0. The molecule has 0 bridgehead atoms. The second-order valence-electron chi connectivity index (χ2n) is 4.31. The highest BCUT2D eigenvalue weighted by Crippen LogP contribution is 2.04. The number of nitrogens with two attached hydrogens (primary N) is 1. The van der Waals surface area contributed by atoms with Crippen LogP contribution in [0.1, 0.15) is 52.4 Å². The Morgan fingerprint density at radius 2 is 1.71 bits per heavy atom. The average molecular weight is 200 g/mol. The lowest BCUT2D eigenvalue weighted by Gasteiger charge is -2.09. The lowest BCUT2D eigenvalue weighted by molar-refractivity contribution is 0.503. The lowest BCUT2D eigenvalue weighted by Crippen LogP contribution is -2.26. The van der Waals surface area contributed by atoms with Crippen molar-refractivity contribution in [1.82, 2.24) is 5.32 Å². The molecule has 0 heterocycles. The zero-order valence-electron chi connectivity index (χ0n) is 10.0. The number of hydrogen-bond donors (Lipinski definition) is 2. The van der Waals surface area contributed by atoms with Crippen LogP contribution in [-0.2, 0) is 0 Å². The molecule has 0 spiro atoms. The third kappa shape index (κ3) is 10.0. The Labute approximate surface area is 89.6 Å². The summed E-state index contributed by atoms with van der Waals surface area (Å²) in [6.07, 6.45) is 8.26. The van der Waals surface area contributed by atoms with E-state index in [4.69, 9.17) is 5.73 Å². The molecule has 3 N–H and O–H groups in total. The van der Waals surface area contributed by atoms with Crippen molar-refractivity contribution >= 4 is 0 Å². The van der Waals surface area contributed by atoms with Crippen LogP contribution < -0.4 is 11.1 Å². The Morgan fingerprint density at radius 1 is 1.07 bits per heavy atom. The van der Waals surface area contributed by atoms with Crippen LogP contribution >= 0.6 is 0 Å². The summed E-state index contributed by atoms with van der Waals surface area (Å²) in [7, 11) is 0. The molecule has 0 aromatic heterocycles. The molecule has 1 atom stereocenters. The summed E-state index contributed by atoms with van der Waals surface area (Å²) in [6.45, 7) is 7.48. The van der Waals surface area contributed by atoms with Crippen molar-refractivity contribution < 1.29 is 0 Å². The molecule has 0 saturated heterocycles. The number of hydrogen-bond acceptors (Lipinski definition) is 2. The summed E-state index contributed by atoms with van der Waals surface area (Å²) in [5.41, 5.74) is 5.53. The molecule has 2 nitrogen and oxygen atoms in total. The molecule has 0 aromatic carbocycles. The molecular weight excluding hydrogens is 172 g/mol. The molecule has 14 heavy (non-hydrogen) atoms. The maximum absolute atomic E-state index is 5.53. The highest BCUT2D eigenvalue weighted by molar-refractivity contribution is 4.57. The molecule has 0 aromatic rings. The number of rotatable bonds is 10. The van der Waals surface area contributed by atoms with Crippen LogP contribution in [0.3, 0.4) is 0 Å². The molecule has 0 aliphatic heterocycles. The van der Waals surface area contributed by atoms with Gasteiger partial charge in [-0.2, -0.15) is 0 Å². The number of unbranched alkanes of at least 4 members (excludes halogenated alkanes) is 5. The standard InChI is InChI=1S/C12H28N2/c1-3-4-5-6-7-8-9-14-11-12(2)10-13/h12,14H,3-11,13H2,1-2H3. The molecule has 86 valence electrons. The smallest absolute Gasteiger partial charge is 0.00111 e. The van der Waals surface area contributed by atoms with Gasteiger partial charge in [0, 0.05) is 0 Å².